The summed E-state index contributed by atoms with van der Waals surface area (Å²) >= 11 is 0. The quantitative estimate of drug-likeness (QED) is 0.729. The van der Waals surface area contributed by atoms with E-state index in [4.69, 9.17) is 9.47 Å². The van der Waals surface area contributed by atoms with Crippen molar-refractivity contribution >= 4 is 11.8 Å². The van der Waals surface area contributed by atoms with Gasteiger partial charge in [0.1, 0.15) is 11.4 Å². The van der Waals surface area contributed by atoms with E-state index in [0.29, 0.717) is 25.4 Å². The van der Waals surface area contributed by atoms with Gasteiger partial charge in [-0.1, -0.05) is 20.8 Å². The molecule has 4 heteroatoms. The van der Waals surface area contributed by atoms with Gasteiger partial charge in [-0.3, -0.25) is 9.59 Å². The Kier molecular flexibility index (Phi) is 2.85. The fourth-order valence-electron chi connectivity index (χ4n) is 5.36. The van der Waals surface area contributed by atoms with E-state index in [1.807, 2.05) is 6.92 Å². The van der Waals surface area contributed by atoms with E-state index >= 15 is 0 Å². The molecule has 1 saturated heterocycles. The third-order valence-corrected chi connectivity index (χ3v) is 6.72. The molecule has 0 aromatic carbocycles. The second kappa shape index (κ2) is 4.06. The Bertz CT molecular complexity index is 473. The fourth-order valence-corrected chi connectivity index (χ4v) is 5.36. The van der Waals surface area contributed by atoms with Crippen LogP contribution in [0.2, 0.25) is 0 Å². The van der Waals surface area contributed by atoms with Gasteiger partial charge in [-0.15, -0.1) is 0 Å². The van der Waals surface area contributed by atoms with E-state index in [0.717, 1.165) is 12.8 Å². The molecule has 0 amide bonds. The Hall–Kier alpha value is -0.900. The van der Waals surface area contributed by atoms with Gasteiger partial charge in [0.25, 0.3) is 0 Å². The summed E-state index contributed by atoms with van der Waals surface area (Å²) in [6.07, 6.45) is 2.76. The predicted octanol–water partition coefficient (Wildman–Crippen LogP) is 2.35. The molecule has 20 heavy (non-hydrogen) atoms. The minimum absolute atomic E-state index is 0.133. The minimum atomic E-state index is -0.514. The molecule has 3 fully saturated rings. The van der Waals surface area contributed by atoms with Gasteiger partial charge in [-0.25, -0.2) is 0 Å². The van der Waals surface area contributed by atoms with Crippen LogP contribution in [0.3, 0.4) is 0 Å². The first-order valence-corrected chi connectivity index (χ1v) is 7.56. The molecule has 5 atom stereocenters. The zero-order chi connectivity index (χ0) is 14.8. The van der Waals surface area contributed by atoms with E-state index in [1.54, 1.807) is 7.11 Å². The maximum Gasteiger partial charge on any atom is 0.307 e. The van der Waals surface area contributed by atoms with Crippen molar-refractivity contribution in [3.63, 3.8) is 0 Å². The molecule has 2 saturated carbocycles. The smallest absolute Gasteiger partial charge is 0.307 e. The van der Waals surface area contributed by atoms with Crippen LogP contribution in [0.4, 0.5) is 0 Å². The summed E-state index contributed by atoms with van der Waals surface area (Å²) in [7, 11) is 1.66. The first-order chi connectivity index (χ1) is 9.33. The molecule has 0 spiro atoms. The third kappa shape index (κ3) is 1.31. The molecule has 4 nitrogen and oxygen atoms in total. The molecule has 0 bridgehead atoms. The number of carbonyl (C=O) groups is 2. The molecule has 0 aromatic rings. The Morgan fingerprint density at radius 2 is 2.00 bits per heavy atom. The highest BCUT2D eigenvalue weighted by molar-refractivity contribution is 5.87. The summed E-state index contributed by atoms with van der Waals surface area (Å²) in [5, 5.41) is 0. The number of carbonyl (C=O) groups excluding carboxylic acids is 2. The number of hydrogen-bond donors (Lipinski definition) is 0. The van der Waals surface area contributed by atoms with Crippen LogP contribution < -0.4 is 0 Å². The van der Waals surface area contributed by atoms with Crippen LogP contribution in [0.5, 0.6) is 0 Å². The van der Waals surface area contributed by atoms with Crippen LogP contribution in [0, 0.1) is 22.7 Å². The predicted molar refractivity (Wildman–Crippen MR) is 73.0 cm³/mol. The number of esters is 1. The van der Waals surface area contributed by atoms with E-state index in [-0.39, 0.29) is 23.1 Å². The second-order valence-electron chi connectivity index (χ2n) is 7.29. The van der Waals surface area contributed by atoms with Crippen molar-refractivity contribution in [2.75, 3.05) is 13.7 Å². The molecule has 3 rings (SSSR count). The van der Waals surface area contributed by atoms with Crippen molar-refractivity contribution in [3.05, 3.63) is 0 Å². The van der Waals surface area contributed by atoms with Crippen LogP contribution in [0.1, 0.15) is 46.5 Å². The third-order valence-electron chi connectivity index (χ3n) is 6.72. The van der Waals surface area contributed by atoms with Gasteiger partial charge in [-0.2, -0.15) is 0 Å². The highest BCUT2D eigenvalue weighted by Crippen LogP contribution is 2.70. The molecule has 0 N–H and O–H groups in total. The lowest BCUT2D eigenvalue weighted by Gasteiger charge is -2.57. The Labute approximate surface area is 120 Å². The first-order valence-electron chi connectivity index (χ1n) is 7.56. The molecule has 2 aliphatic carbocycles. The summed E-state index contributed by atoms with van der Waals surface area (Å²) in [6, 6.07) is 0. The van der Waals surface area contributed by atoms with Crippen molar-refractivity contribution in [2.45, 2.75) is 52.1 Å². The van der Waals surface area contributed by atoms with Gasteiger partial charge in [0.15, 0.2) is 0 Å². The second-order valence-corrected chi connectivity index (χ2v) is 7.29. The Balaban J connectivity index is 2.19. The fraction of sp³-hybridized carbons (Fsp3) is 0.875. The number of methoxy groups -OCH3 is 1. The number of ether oxygens (including phenoxy) is 2. The maximum atomic E-state index is 12.6. The Morgan fingerprint density at radius 3 is 2.65 bits per heavy atom. The summed E-state index contributed by atoms with van der Waals surface area (Å²) < 4.78 is 11.4. The van der Waals surface area contributed by atoms with Crippen molar-refractivity contribution in [3.8, 4) is 0 Å². The van der Waals surface area contributed by atoms with E-state index in [2.05, 4.69) is 13.8 Å². The lowest BCUT2D eigenvalue weighted by atomic mass is 9.48. The zero-order valence-corrected chi connectivity index (χ0v) is 12.8. The van der Waals surface area contributed by atoms with Crippen LogP contribution in [0.15, 0.2) is 0 Å². The van der Waals surface area contributed by atoms with Gasteiger partial charge in [0, 0.05) is 30.3 Å². The highest BCUT2D eigenvalue weighted by Gasteiger charge is 2.76. The van der Waals surface area contributed by atoms with Crippen LogP contribution in [-0.4, -0.2) is 31.1 Å². The molecule has 1 heterocycles. The summed E-state index contributed by atoms with van der Waals surface area (Å²) in [5.41, 5.74) is -1.24. The molecular formula is C16H24O4. The average molecular weight is 280 g/mol. The van der Waals surface area contributed by atoms with Crippen molar-refractivity contribution in [1.82, 2.24) is 0 Å². The normalized spacial score (nSPS) is 50.8. The first kappa shape index (κ1) is 14.1. The standard InChI is InChI=1S/C16H24O4/c1-10-5-6-16-14(3,9-19-4)11(2)12(17)7-15(10,16)8-13(18)20-16/h10-11H,5-9H2,1-4H3/t10-,11?,14-,15-,16?/m1/s1. The van der Waals surface area contributed by atoms with Crippen molar-refractivity contribution in [2.24, 2.45) is 22.7 Å². The van der Waals surface area contributed by atoms with Gasteiger partial charge >= 0.3 is 5.97 Å². The van der Waals surface area contributed by atoms with Crippen LogP contribution in [0.25, 0.3) is 0 Å². The van der Waals surface area contributed by atoms with Gasteiger partial charge in [-0.05, 0) is 18.8 Å². The molecule has 0 radical (unpaired) electrons. The highest BCUT2D eigenvalue weighted by atomic mass is 16.6. The zero-order valence-electron chi connectivity index (χ0n) is 12.8. The van der Waals surface area contributed by atoms with Crippen molar-refractivity contribution < 1.29 is 19.1 Å². The average Bonchev–Trinajstić information content (AvgIpc) is 2.81. The lowest BCUT2D eigenvalue weighted by molar-refractivity contribution is -0.208. The van der Waals surface area contributed by atoms with E-state index in [9.17, 15) is 9.59 Å². The lowest BCUT2D eigenvalue weighted by Crippen LogP contribution is -2.65. The van der Waals surface area contributed by atoms with Gasteiger partial charge in [0.2, 0.25) is 0 Å². The maximum absolute atomic E-state index is 12.6. The number of rotatable bonds is 2. The largest absolute Gasteiger partial charge is 0.458 e. The molecule has 2 unspecified atom stereocenters. The van der Waals surface area contributed by atoms with E-state index < -0.39 is 11.0 Å². The molecule has 1 aliphatic heterocycles. The number of hydrogen-bond acceptors (Lipinski definition) is 4. The van der Waals surface area contributed by atoms with Crippen LogP contribution in [-0.2, 0) is 19.1 Å². The summed E-state index contributed by atoms with van der Waals surface area (Å²) in [4.78, 5) is 24.7. The number of ketones is 1. The summed E-state index contributed by atoms with van der Waals surface area (Å²) in [6.45, 7) is 6.67. The number of Topliss-reactive ketones (excluding diaryl/α,β-unsaturated/α-hetero) is 1. The SMILES string of the molecule is COC[C@]1(C)C(C)C(=O)C[C@]23CC(=O)OC21CC[C@H]3C. The topological polar surface area (TPSA) is 52.6 Å². The monoisotopic (exact) mass is 280 g/mol. The molecule has 0 aromatic heterocycles. The van der Waals surface area contributed by atoms with E-state index in [1.165, 1.54) is 0 Å². The minimum Gasteiger partial charge on any atom is -0.458 e. The molecular weight excluding hydrogens is 256 g/mol. The van der Waals surface area contributed by atoms with Gasteiger partial charge in [0.05, 0.1) is 13.0 Å². The molecule has 3 aliphatic rings. The van der Waals surface area contributed by atoms with Gasteiger partial charge < -0.3 is 9.47 Å². The summed E-state index contributed by atoms with van der Waals surface area (Å²) in [5.74, 6) is 0.335. The molecule has 112 valence electrons. The van der Waals surface area contributed by atoms with Crippen LogP contribution >= 0.6 is 0 Å². The van der Waals surface area contributed by atoms with Crippen molar-refractivity contribution in [1.29, 1.82) is 0 Å². The Morgan fingerprint density at radius 1 is 1.30 bits per heavy atom.